The Kier molecular flexibility index (Phi) is 5.61. The van der Waals surface area contributed by atoms with Crippen LogP contribution in [-0.2, 0) is 0 Å². The molecule has 0 bridgehead atoms. The van der Waals surface area contributed by atoms with E-state index < -0.39 is 0 Å². The Labute approximate surface area is 160 Å². The fourth-order valence-corrected chi connectivity index (χ4v) is 2.56. The molecule has 1 heterocycles. The van der Waals surface area contributed by atoms with Gasteiger partial charge in [0.1, 0.15) is 11.6 Å². The van der Waals surface area contributed by atoms with Crippen molar-refractivity contribution in [2.75, 3.05) is 17.7 Å². The smallest absolute Gasteiger partial charge is 0.255 e. The molecule has 5 nitrogen and oxygen atoms in total. The number of hydrogen-bond acceptors (Lipinski definition) is 4. The average molecular weight is 388 g/mol. The summed E-state index contributed by atoms with van der Waals surface area (Å²) >= 11 is 12.1. The van der Waals surface area contributed by atoms with Gasteiger partial charge in [-0.2, -0.15) is 0 Å². The summed E-state index contributed by atoms with van der Waals surface area (Å²) < 4.78 is 5.08. The molecule has 3 aromatic rings. The van der Waals surface area contributed by atoms with Crippen LogP contribution in [-0.4, -0.2) is 18.0 Å². The van der Waals surface area contributed by atoms with Crippen molar-refractivity contribution in [3.63, 3.8) is 0 Å². The number of carbonyl (C=O) groups is 1. The first-order valence-electron chi connectivity index (χ1n) is 7.69. The summed E-state index contributed by atoms with van der Waals surface area (Å²) in [4.78, 5) is 16.5. The van der Waals surface area contributed by atoms with E-state index in [1.165, 1.54) is 0 Å². The molecule has 2 N–H and O–H groups in total. The van der Waals surface area contributed by atoms with Gasteiger partial charge in [-0.15, -0.1) is 0 Å². The van der Waals surface area contributed by atoms with Crippen LogP contribution in [0.1, 0.15) is 10.4 Å². The SMILES string of the molecule is COc1ccc(C(=O)Nc2ccc(Nc3cc(Cl)ccc3Cl)nc2)cc1. The fraction of sp³-hybridized carbons (Fsp3) is 0.0526. The van der Waals surface area contributed by atoms with Gasteiger partial charge < -0.3 is 15.4 Å². The Balaban J connectivity index is 1.67. The summed E-state index contributed by atoms with van der Waals surface area (Å²) in [7, 11) is 1.58. The maximum absolute atomic E-state index is 12.2. The lowest BCUT2D eigenvalue weighted by atomic mass is 10.2. The van der Waals surface area contributed by atoms with Crippen molar-refractivity contribution in [3.05, 3.63) is 76.4 Å². The molecule has 0 radical (unpaired) electrons. The van der Waals surface area contributed by atoms with Crippen LogP contribution < -0.4 is 15.4 Å². The number of methoxy groups -OCH3 is 1. The van der Waals surface area contributed by atoms with E-state index in [4.69, 9.17) is 27.9 Å². The van der Waals surface area contributed by atoms with Crippen LogP contribution in [0.4, 0.5) is 17.2 Å². The third-order valence-electron chi connectivity index (χ3n) is 3.56. The molecule has 0 aliphatic rings. The van der Waals surface area contributed by atoms with Crippen molar-refractivity contribution in [2.45, 2.75) is 0 Å². The predicted molar refractivity (Wildman–Crippen MR) is 105 cm³/mol. The Hall–Kier alpha value is -2.76. The topological polar surface area (TPSA) is 63.2 Å². The molecule has 0 atom stereocenters. The second kappa shape index (κ2) is 8.08. The molecule has 2 aromatic carbocycles. The van der Waals surface area contributed by atoms with Crippen molar-refractivity contribution >= 4 is 46.3 Å². The molecule has 0 saturated carbocycles. The van der Waals surface area contributed by atoms with Crippen molar-refractivity contribution in [1.82, 2.24) is 4.98 Å². The number of rotatable bonds is 5. The Morgan fingerprint density at radius 2 is 1.81 bits per heavy atom. The third-order valence-corrected chi connectivity index (χ3v) is 4.13. The van der Waals surface area contributed by atoms with Gasteiger partial charge in [-0.1, -0.05) is 23.2 Å². The van der Waals surface area contributed by atoms with Crippen LogP contribution in [0.2, 0.25) is 10.0 Å². The molecule has 26 heavy (non-hydrogen) atoms. The summed E-state index contributed by atoms with van der Waals surface area (Å²) in [6.45, 7) is 0. The Morgan fingerprint density at radius 1 is 1.04 bits per heavy atom. The van der Waals surface area contributed by atoms with Crippen LogP contribution in [0.25, 0.3) is 0 Å². The lowest BCUT2D eigenvalue weighted by molar-refractivity contribution is 0.102. The molecule has 0 unspecified atom stereocenters. The summed E-state index contributed by atoms with van der Waals surface area (Å²) in [5, 5.41) is 6.98. The zero-order valence-corrected chi connectivity index (χ0v) is 15.3. The van der Waals surface area contributed by atoms with E-state index in [1.54, 1.807) is 67.9 Å². The van der Waals surface area contributed by atoms with Gasteiger partial charge in [0.2, 0.25) is 0 Å². The summed E-state index contributed by atoms with van der Waals surface area (Å²) in [6.07, 6.45) is 1.56. The number of benzene rings is 2. The minimum Gasteiger partial charge on any atom is -0.497 e. The Bertz CT molecular complexity index is 913. The molecule has 132 valence electrons. The van der Waals surface area contributed by atoms with Crippen molar-refractivity contribution < 1.29 is 9.53 Å². The van der Waals surface area contributed by atoms with Gasteiger partial charge in [-0.25, -0.2) is 4.98 Å². The first kappa shape index (κ1) is 18.0. The number of aromatic nitrogens is 1. The van der Waals surface area contributed by atoms with Crippen LogP contribution in [0, 0.1) is 0 Å². The molecule has 0 fully saturated rings. The minimum absolute atomic E-state index is 0.229. The van der Waals surface area contributed by atoms with E-state index >= 15 is 0 Å². The largest absolute Gasteiger partial charge is 0.497 e. The first-order chi connectivity index (χ1) is 12.5. The second-order valence-corrected chi connectivity index (χ2v) is 6.21. The highest BCUT2D eigenvalue weighted by Gasteiger charge is 2.07. The number of nitrogens with one attached hydrogen (secondary N) is 2. The van der Waals surface area contributed by atoms with Gasteiger partial charge in [-0.3, -0.25) is 4.79 Å². The van der Waals surface area contributed by atoms with Gasteiger partial charge in [0.25, 0.3) is 5.91 Å². The number of anilines is 3. The highest BCUT2D eigenvalue weighted by Crippen LogP contribution is 2.28. The lowest BCUT2D eigenvalue weighted by Gasteiger charge is -2.09. The number of nitrogens with zero attached hydrogens (tertiary/aromatic N) is 1. The van der Waals surface area contributed by atoms with E-state index in [-0.39, 0.29) is 5.91 Å². The second-order valence-electron chi connectivity index (χ2n) is 5.36. The van der Waals surface area contributed by atoms with E-state index in [0.717, 1.165) is 0 Å². The molecule has 0 saturated heterocycles. The highest BCUT2D eigenvalue weighted by atomic mass is 35.5. The fourth-order valence-electron chi connectivity index (χ4n) is 2.22. The van der Waals surface area contributed by atoms with E-state index in [9.17, 15) is 4.79 Å². The first-order valence-corrected chi connectivity index (χ1v) is 8.44. The monoisotopic (exact) mass is 387 g/mol. The third kappa shape index (κ3) is 4.45. The molecule has 0 spiro atoms. The van der Waals surface area contributed by atoms with E-state index in [0.29, 0.717) is 38.6 Å². The molecule has 0 aliphatic heterocycles. The molecular weight excluding hydrogens is 373 g/mol. The average Bonchev–Trinajstić information content (AvgIpc) is 2.66. The number of amides is 1. The number of carbonyl (C=O) groups excluding carboxylic acids is 1. The molecule has 1 aromatic heterocycles. The zero-order chi connectivity index (χ0) is 18.5. The molecular formula is C19H15Cl2N3O2. The van der Waals surface area contributed by atoms with Gasteiger partial charge in [0.15, 0.2) is 0 Å². The summed E-state index contributed by atoms with van der Waals surface area (Å²) in [5.41, 5.74) is 1.76. The van der Waals surface area contributed by atoms with E-state index in [2.05, 4.69) is 15.6 Å². The van der Waals surface area contributed by atoms with Crippen molar-refractivity contribution in [1.29, 1.82) is 0 Å². The molecule has 0 aliphatic carbocycles. The standard InChI is InChI=1S/C19H15Cl2N3O2/c1-26-15-6-2-12(3-7-15)19(25)23-14-5-9-18(22-11-14)24-17-10-13(20)4-8-16(17)21/h2-11H,1H3,(H,22,24)(H,23,25). The minimum atomic E-state index is -0.229. The number of ether oxygens (including phenoxy) is 1. The normalized spacial score (nSPS) is 10.3. The predicted octanol–water partition coefficient (Wildman–Crippen LogP) is 5.39. The number of hydrogen-bond donors (Lipinski definition) is 2. The molecule has 7 heteroatoms. The van der Waals surface area contributed by atoms with Crippen LogP contribution in [0.15, 0.2) is 60.8 Å². The van der Waals surface area contributed by atoms with Crippen LogP contribution >= 0.6 is 23.2 Å². The van der Waals surface area contributed by atoms with Gasteiger partial charge in [-0.05, 0) is 54.6 Å². The van der Waals surface area contributed by atoms with Crippen LogP contribution in [0.3, 0.4) is 0 Å². The van der Waals surface area contributed by atoms with Gasteiger partial charge in [0, 0.05) is 10.6 Å². The van der Waals surface area contributed by atoms with Crippen molar-refractivity contribution in [2.24, 2.45) is 0 Å². The highest BCUT2D eigenvalue weighted by molar-refractivity contribution is 6.35. The number of pyridine rings is 1. The lowest BCUT2D eigenvalue weighted by Crippen LogP contribution is -2.12. The maximum Gasteiger partial charge on any atom is 0.255 e. The van der Waals surface area contributed by atoms with Gasteiger partial charge >= 0.3 is 0 Å². The molecule has 1 amide bonds. The van der Waals surface area contributed by atoms with Crippen LogP contribution in [0.5, 0.6) is 5.75 Å². The maximum atomic E-state index is 12.2. The summed E-state index contributed by atoms with van der Waals surface area (Å²) in [6, 6.07) is 15.5. The van der Waals surface area contributed by atoms with Gasteiger partial charge in [0.05, 0.1) is 29.7 Å². The summed E-state index contributed by atoms with van der Waals surface area (Å²) in [5.74, 6) is 1.04. The quantitative estimate of drug-likeness (QED) is 0.615. The number of halogens is 2. The van der Waals surface area contributed by atoms with E-state index in [1.807, 2.05) is 0 Å². The Morgan fingerprint density at radius 3 is 2.46 bits per heavy atom. The molecule has 3 rings (SSSR count). The van der Waals surface area contributed by atoms with Crippen molar-refractivity contribution in [3.8, 4) is 5.75 Å². The zero-order valence-electron chi connectivity index (χ0n) is 13.8.